The minimum atomic E-state index is -1.74. The maximum absolute atomic E-state index is 15.7. The zero-order chi connectivity index (χ0) is 94.7. The van der Waals surface area contributed by atoms with Gasteiger partial charge in [-0.05, 0) is 116 Å². The molecule has 0 unspecified atom stereocenters. The molecule has 15 amide bonds. The van der Waals surface area contributed by atoms with E-state index in [9.17, 15) is 58.5 Å². The number of thioether (sulfide) groups is 1. The Morgan fingerprint density at radius 3 is 1.79 bits per heavy atom. The summed E-state index contributed by atoms with van der Waals surface area (Å²) in [5.74, 6) is -17.3. The van der Waals surface area contributed by atoms with Gasteiger partial charge in [0.05, 0.1) is 49.4 Å². The number of carbonyl (C=O) groups excluding carboxylic acids is 16. The molecule has 0 aliphatic carbocycles. The third-order valence-electron chi connectivity index (χ3n) is 23.6. The number of H-pyrrole nitrogens is 2. The second kappa shape index (κ2) is 48.2. The lowest BCUT2D eigenvalue weighted by molar-refractivity contribution is -0.149. The topological polar surface area (TPSA) is 634 Å². The molecule has 22 N–H and O–H groups in total. The standard InChI is InChI=1S/C87H123N23O19S/c1-8-10-23-67-81(123)96-59(22-16-30-88)79(121)102-66(78(120)94-42-73(91)116)45-130-46-74(117)95-61(33-49-26-28-53(112)29-27-49)75-103-104-105-110(75)48(5)76(118)98-64(38-72(90)115)85(127)108-31-17-25-68(108)82(124)101-65(39-89)80(122)100-62(32-47(3)4)86(128)109-43-54(113)37-70(109)83(125)97-60(34-50-40-92-57-20-14-12-18-55(50)57)71(114)36-52(44-111)77(119)99-63(35-51-41-93-58-21-15-13-19-56(51)58)84(126)107(7)69(24-11-9-2)87(129)106(67)6/h12-15,18-21,26-29,40-41,47-48,52,54,59-70,92-93,111-113H,8-11,16-17,22-25,30-39,42-46,88-89H2,1-7H3,(H2,90,115)(H2,91,116)(H,94,120)(H,95,117)(H,96,123)(H,97,125)(H,98,118)(H,99,119)(H,100,122)(H,101,124)(H,102,121)/t48-,52-,54+,59-,60-,61-,62-,63-,64-,65-,66-,67-,68-,69-,70-/m0/s1. The number of aliphatic hydroxyl groups is 2. The Hall–Kier alpha value is -12.5. The van der Waals surface area contributed by atoms with Crippen molar-refractivity contribution in [3.05, 3.63) is 108 Å². The van der Waals surface area contributed by atoms with Gasteiger partial charge in [-0.1, -0.05) is 102 Å². The molecule has 0 spiro atoms. The molecule has 130 heavy (non-hydrogen) atoms. The molecule has 42 nitrogen and oxygen atoms in total. The molecule has 2 fully saturated rings. The predicted octanol–water partition coefficient (Wildman–Crippen LogP) is -2.30. The molecule has 15 atom stereocenters. The van der Waals surface area contributed by atoms with Gasteiger partial charge in [0, 0.05) is 106 Å². The van der Waals surface area contributed by atoms with Crippen molar-refractivity contribution in [2.45, 2.75) is 228 Å². The molecule has 3 aliphatic rings. The van der Waals surface area contributed by atoms with Crippen molar-refractivity contribution in [3.8, 4) is 5.75 Å². The van der Waals surface area contributed by atoms with Gasteiger partial charge < -0.3 is 116 Å². The van der Waals surface area contributed by atoms with Crippen LogP contribution in [0.2, 0.25) is 0 Å². The van der Waals surface area contributed by atoms with Gasteiger partial charge in [-0.2, -0.15) is 0 Å². The number of aromatic amines is 2. The van der Waals surface area contributed by atoms with E-state index in [0.717, 1.165) is 26.2 Å². The van der Waals surface area contributed by atoms with E-state index in [1.807, 2.05) is 13.8 Å². The van der Waals surface area contributed by atoms with Crippen molar-refractivity contribution in [1.82, 2.24) is 97.6 Å². The van der Waals surface area contributed by atoms with Crippen molar-refractivity contribution in [2.75, 3.05) is 64.9 Å². The minimum absolute atomic E-state index is 0.00200. The first-order valence-electron chi connectivity index (χ1n) is 43.9. The molecule has 43 heteroatoms. The van der Waals surface area contributed by atoms with E-state index in [1.54, 1.807) is 74.8 Å². The molecule has 0 radical (unpaired) electrons. The largest absolute Gasteiger partial charge is 0.508 e. The highest BCUT2D eigenvalue weighted by Crippen LogP contribution is 2.29. The SMILES string of the molecule is CCCC[C@H]1C(=O)N(C)[C@@H](CCCC)C(=O)N[C@@H](CCCN)C(=O)N[C@H](C(=O)NCC(N)=O)CSCC(=O)N[C@@H](Cc2ccc(O)cc2)c2nnnn2[C@@H](C)C(=O)N[C@@H](CC(N)=O)C(=O)N2CCC[C@H]2C(=O)N[C@@H](CN)C(=O)N[C@@H](CC(C)C)C(=O)N2C[C@H](O)C[C@H]2C(=O)N[C@@H](Cc2c[nH]c3ccccc23)C(=O)C[C@@H](CO)C(=O)N[C@@H](Cc2c[nH]c3ccccc23)C(=O)N1C. The number of fused-ring (bicyclic) bond motifs is 5. The number of phenols is 1. The van der Waals surface area contributed by atoms with Crippen LogP contribution in [0.5, 0.6) is 5.75 Å². The van der Waals surface area contributed by atoms with Crippen molar-refractivity contribution in [3.63, 3.8) is 0 Å². The van der Waals surface area contributed by atoms with Gasteiger partial charge in [-0.15, -0.1) is 16.9 Å². The minimum Gasteiger partial charge on any atom is -0.508 e. The van der Waals surface area contributed by atoms with Gasteiger partial charge in [0.2, 0.25) is 88.6 Å². The molecule has 2 saturated heterocycles. The van der Waals surface area contributed by atoms with Crippen LogP contribution < -0.4 is 70.8 Å². The van der Waals surface area contributed by atoms with Crippen LogP contribution in [0.4, 0.5) is 0 Å². The van der Waals surface area contributed by atoms with E-state index in [0.29, 0.717) is 64.2 Å². The van der Waals surface area contributed by atoms with Crippen molar-refractivity contribution in [2.24, 2.45) is 34.8 Å². The number of carbonyl (C=O) groups is 16. The number of aliphatic hydroxyl groups excluding tert-OH is 2. The molecular formula is C87H123N23O19S. The highest BCUT2D eigenvalue weighted by Gasteiger charge is 2.47. The fourth-order valence-corrected chi connectivity index (χ4v) is 17.3. The Balaban J connectivity index is 1.09. The van der Waals surface area contributed by atoms with Crippen LogP contribution in [0.3, 0.4) is 0 Å². The van der Waals surface area contributed by atoms with E-state index < -0.39 is 230 Å². The summed E-state index contributed by atoms with van der Waals surface area (Å²) in [6.45, 7) is 5.78. The zero-order valence-corrected chi connectivity index (χ0v) is 75.0. The van der Waals surface area contributed by atoms with Gasteiger partial charge in [-0.25, -0.2) is 4.68 Å². The number of primary amides is 2. The van der Waals surface area contributed by atoms with Crippen LogP contribution in [0.1, 0.15) is 159 Å². The predicted molar refractivity (Wildman–Crippen MR) is 476 cm³/mol. The van der Waals surface area contributed by atoms with Crippen LogP contribution in [0.25, 0.3) is 21.8 Å². The van der Waals surface area contributed by atoms with Gasteiger partial charge in [0.25, 0.3) is 0 Å². The average Bonchev–Trinajstić information content (AvgIpc) is 1.66. The number of phenolic OH excluding ortho intramolecular Hbond substituents is 1. The number of benzene rings is 3. The Morgan fingerprint density at radius 2 is 1.18 bits per heavy atom. The lowest BCUT2D eigenvalue weighted by Crippen LogP contribution is -2.61. The number of hydrogen-bond donors (Lipinski definition) is 18. The first-order chi connectivity index (χ1) is 62.1. The molecule has 6 aromatic rings. The summed E-state index contributed by atoms with van der Waals surface area (Å²) in [4.78, 5) is 245. The summed E-state index contributed by atoms with van der Waals surface area (Å²) in [6, 6.07) is 0.980. The molecule has 0 saturated carbocycles. The second-order valence-electron chi connectivity index (χ2n) is 33.7. The summed E-state index contributed by atoms with van der Waals surface area (Å²) in [5.41, 5.74) is 26.3. The molecule has 3 aliphatic heterocycles. The molecule has 706 valence electrons. The number of Topliss-reactive ketones (excluding diaryl/α,β-unsaturated/α-hetero) is 1. The number of aromatic nitrogens is 6. The number of tetrazole rings is 1. The van der Waals surface area contributed by atoms with Gasteiger partial charge in [-0.3, -0.25) is 76.7 Å². The molecule has 0 bridgehead atoms. The van der Waals surface area contributed by atoms with E-state index in [2.05, 4.69) is 73.3 Å². The highest BCUT2D eigenvalue weighted by atomic mass is 32.2. The number of rotatable bonds is 24. The van der Waals surface area contributed by atoms with Crippen LogP contribution in [0.15, 0.2) is 85.2 Å². The first kappa shape index (κ1) is 101. The Bertz CT molecular complexity index is 5010. The number of nitrogens with zero attached hydrogens (tertiary/aromatic N) is 8. The second-order valence-corrected chi connectivity index (χ2v) is 34.7. The lowest BCUT2D eigenvalue weighted by Gasteiger charge is -2.36. The molecular weight excluding hydrogens is 1700 g/mol. The molecule has 3 aromatic carbocycles. The van der Waals surface area contributed by atoms with Crippen molar-refractivity contribution < 1.29 is 92.0 Å². The highest BCUT2D eigenvalue weighted by molar-refractivity contribution is 8.00. The summed E-state index contributed by atoms with van der Waals surface area (Å²) < 4.78 is 1.03. The summed E-state index contributed by atoms with van der Waals surface area (Å²) in [6.07, 6.45) is 1.41. The van der Waals surface area contributed by atoms with Crippen molar-refractivity contribution in [1.29, 1.82) is 0 Å². The van der Waals surface area contributed by atoms with Gasteiger partial charge in [0.15, 0.2) is 11.6 Å². The number of nitrogens with two attached hydrogens (primary N) is 4. The van der Waals surface area contributed by atoms with E-state index in [1.165, 1.54) is 55.1 Å². The zero-order valence-electron chi connectivity index (χ0n) is 74.2. The number of ketones is 1. The fraction of sp³-hybridized carbons (Fsp3) is 0.552. The number of nitrogens with one attached hydrogen (secondary N) is 11. The van der Waals surface area contributed by atoms with E-state index in [-0.39, 0.29) is 107 Å². The van der Waals surface area contributed by atoms with E-state index >= 15 is 33.6 Å². The Labute approximate surface area is 755 Å². The number of para-hydroxylation sites is 2. The number of unbranched alkanes of at least 4 members (excludes halogenated alkanes) is 2. The normalized spacial score (nSPS) is 25.2. The first-order valence-corrected chi connectivity index (χ1v) is 45.1. The van der Waals surface area contributed by atoms with Crippen LogP contribution >= 0.6 is 11.8 Å². The third kappa shape index (κ3) is 27.1. The summed E-state index contributed by atoms with van der Waals surface area (Å²) in [7, 11) is 2.75. The number of aromatic hydroxyl groups is 1. The van der Waals surface area contributed by atoms with Crippen LogP contribution in [-0.4, -0.2) is 297 Å². The van der Waals surface area contributed by atoms with Crippen LogP contribution in [0, 0.1) is 11.8 Å². The number of amides is 15. The monoisotopic (exact) mass is 1830 g/mol. The van der Waals surface area contributed by atoms with Gasteiger partial charge in [0.1, 0.15) is 72.2 Å². The Morgan fingerprint density at radius 1 is 0.600 bits per heavy atom. The molecule has 9 rings (SSSR count). The number of likely N-dealkylation sites (N-methyl/N-ethyl adjacent to an activating group) is 2. The molecule has 3 aromatic heterocycles. The fourth-order valence-electron chi connectivity index (χ4n) is 16.4. The number of hydrogen-bond acceptors (Lipinski definition) is 25. The summed E-state index contributed by atoms with van der Waals surface area (Å²) >= 11 is 0.830. The van der Waals surface area contributed by atoms with Crippen molar-refractivity contribution >= 4 is 128 Å². The van der Waals surface area contributed by atoms with E-state index in [4.69, 9.17) is 22.9 Å². The third-order valence-corrected chi connectivity index (χ3v) is 24.6. The van der Waals surface area contributed by atoms with Crippen LogP contribution in [-0.2, 0) is 96.0 Å². The average molecular weight is 1830 g/mol. The Kier molecular flexibility index (Phi) is 37.6. The smallest absolute Gasteiger partial charge is 0.246 e. The summed E-state index contributed by atoms with van der Waals surface area (Å²) in [5, 5.41) is 70.4. The maximum atomic E-state index is 15.7. The molecule has 6 heterocycles. The van der Waals surface area contributed by atoms with Gasteiger partial charge >= 0.3 is 0 Å². The maximum Gasteiger partial charge on any atom is 0.246 e. The quantitative estimate of drug-likeness (QED) is 0.0303. The lowest BCUT2D eigenvalue weighted by atomic mass is 9.93.